The van der Waals surface area contributed by atoms with Crippen molar-refractivity contribution in [2.24, 2.45) is 0 Å². The summed E-state index contributed by atoms with van der Waals surface area (Å²) in [5.74, 6) is 0. The molecule has 0 aromatic heterocycles. The van der Waals surface area contributed by atoms with Gasteiger partial charge in [0.25, 0.3) is 0 Å². The Morgan fingerprint density at radius 3 is 1.33 bits per heavy atom. The molecule has 0 atom stereocenters. The van der Waals surface area contributed by atoms with Gasteiger partial charge in [-0.05, 0) is 32.7 Å². The minimum atomic E-state index is -0.556. The van der Waals surface area contributed by atoms with Crippen molar-refractivity contribution in [2.75, 3.05) is 14.1 Å². The molecule has 4 aromatic carbocycles. The predicted octanol–water partition coefficient (Wildman–Crippen LogP) is 8.31. The van der Waals surface area contributed by atoms with Crippen LogP contribution in [0, 0.1) is 0 Å². The molecule has 0 fully saturated rings. The Balaban J connectivity index is 0.000000659. The predicted molar refractivity (Wildman–Crippen MR) is 116 cm³/mol. The van der Waals surface area contributed by atoms with Crippen LogP contribution in [0.25, 0.3) is 43.3 Å². The maximum atomic E-state index is 4.89. The molecule has 0 saturated carbocycles. The number of nitrogens with zero attached hydrogens (tertiary/aromatic N) is 2. The van der Waals surface area contributed by atoms with Gasteiger partial charge < -0.3 is 10.6 Å². The molecule has 0 N–H and O–H groups in total. The Hall–Kier alpha value is -1.71. The zero-order chi connectivity index (χ0) is 19.2. The average molecular weight is 429 g/mol. The van der Waals surface area contributed by atoms with Crippen LogP contribution < -0.4 is 0 Å². The van der Waals surface area contributed by atoms with Gasteiger partial charge in [0.1, 0.15) is 0 Å². The van der Waals surface area contributed by atoms with Crippen LogP contribution in [0.5, 0.6) is 0 Å². The molecule has 0 aliphatic carbocycles. The van der Waals surface area contributed by atoms with Gasteiger partial charge in [0.05, 0.1) is 0 Å². The fraction of sp³-hybridized carbons (Fsp3) is 0.0909. The minimum absolute atomic E-state index is 0.556. The van der Waals surface area contributed by atoms with Crippen LogP contribution >= 0.6 is 18.6 Å². The molecule has 0 bridgehead atoms. The van der Waals surface area contributed by atoms with Crippen LogP contribution in [0.3, 0.4) is 0 Å². The first-order chi connectivity index (χ1) is 13.2. The van der Waals surface area contributed by atoms with Crippen LogP contribution in [0.15, 0.2) is 72.8 Å². The fourth-order valence-electron chi connectivity index (χ4n) is 3.42. The summed E-state index contributed by atoms with van der Waals surface area (Å²) in [5.41, 5.74) is 4.31. The van der Waals surface area contributed by atoms with Crippen molar-refractivity contribution < 1.29 is 17.0 Å². The van der Waals surface area contributed by atoms with Crippen molar-refractivity contribution in [3.05, 3.63) is 83.4 Å². The van der Waals surface area contributed by atoms with E-state index in [9.17, 15) is 0 Å². The van der Waals surface area contributed by atoms with Gasteiger partial charge in [-0.2, -0.15) is 0 Å². The van der Waals surface area contributed by atoms with Crippen LogP contribution in [-0.4, -0.2) is 14.1 Å². The number of halogens is 2. The number of rotatable bonds is 3. The summed E-state index contributed by atoms with van der Waals surface area (Å²) in [4.78, 5) is 0. The molecule has 0 aliphatic rings. The molecule has 0 unspecified atom stereocenters. The second-order valence-corrected chi connectivity index (χ2v) is 8.46. The summed E-state index contributed by atoms with van der Waals surface area (Å²) in [7, 11) is 13.5. The molecule has 0 spiro atoms. The van der Waals surface area contributed by atoms with Crippen molar-refractivity contribution in [3.63, 3.8) is 0 Å². The van der Waals surface area contributed by atoms with Gasteiger partial charge >= 0.3 is 35.6 Å². The van der Waals surface area contributed by atoms with E-state index >= 15 is 0 Å². The third-order valence-electron chi connectivity index (χ3n) is 4.55. The van der Waals surface area contributed by atoms with Gasteiger partial charge in [-0.25, -0.2) is 0 Å². The van der Waals surface area contributed by atoms with Crippen LogP contribution in [0.1, 0.15) is 0 Å². The number of benzene rings is 4. The Morgan fingerprint density at radius 1 is 0.593 bits per heavy atom. The molecule has 0 heterocycles. The van der Waals surface area contributed by atoms with Crippen molar-refractivity contribution >= 4 is 51.5 Å². The van der Waals surface area contributed by atoms with Crippen molar-refractivity contribution in [1.82, 2.24) is 0 Å². The molecule has 136 valence electrons. The monoisotopic (exact) mass is 428 g/mol. The summed E-state index contributed by atoms with van der Waals surface area (Å²) in [6, 6.07) is 25.4. The van der Waals surface area contributed by atoms with Crippen molar-refractivity contribution in [3.8, 4) is 11.1 Å². The first kappa shape index (κ1) is 20.0. The molecule has 5 heteroatoms. The number of hydrogen-bond donors (Lipinski definition) is 0. The maximum absolute atomic E-state index is 4.89. The van der Waals surface area contributed by atoms with E-state index < -0.39 is 17.0 Å². The van der Waals surface area contributed by atoms with E-state index in [-0.39, 0.29) is 0 Å². The fourth-order valence-corrected chi connectivity index (χ4v) is 3.42. The first-order valence-corrected chi connectivity index (χ1v) is 12.7. The van der Waals surface area contributed by atoms with Gasteiger partial charge in [-0.3, -0.25) is 0 Å². The van der Waals surface area contributed by atoms with Crippen LogP contribution in [0.2, 0.25) is 0 Å². The van der Waals surface area contributed by atoms with E-state index in [1.54, 1.807) is 0 Å². The number of hydrogen-bond acceptors (Lipinski definition) is 0. The van der Waals surface area contributed by atoms with Gasteiger partial charge in [-0.1, -0.05) is 72.8 Å². The summed E-state index contributed by atoms with van der Waals surface area (Å²) in [6.07, 6.45) is 0. The van der Waals surface area contributed by atoms with Crippen LogP contribution in [0.4, 0.5) is 11.4 Å². The first-order valence-electron chi connectivity index (χ1n) is 8.45. The Bertz CT molecular complexity index is 981. The SMILES string of the molecule is C[N-]c1ccc2ccccc2c1-c1c([N-]C)ccc2ccccc12.[Cl][Ti][Cl]. The standard InChI is InChI=1S/C22H18N2.2ClH.Ti/c1-23-19-13-11-15-7-3-5-9-17(15)21(19)22-18-10-6-4-8-16(18)12-14-20(22)24-2;;;/h3-14H,1-2H3;2*1H;/q-2;;;+2/p-2. The van der Waals surface area contributed by atoms with Crippen molar-refractivity contribution in [1.29, 1.82) is 0 Å². The van der Waals surface area contributed by atoms with E-state index in [1.807, 2.05) is 14.1 Å². The molecular formula is C22H18Cl2N2Ti-2. The van der Waals surface area contributed by atoms with E-state index in [0.29, 0.717) is 0 Å². The summed E-state index contributed by atoms with van der Waals surface area (Å²) in [6.45, 7) is 0. The zero-order valence-electron chi connectivity index (χ0n) is 15.1. The zero-order valence-corrected chi connectivity index (χ0v) is 18.2. The molecule has 0 aliphatic heterocycles. The van der Waals surface area contributed by atoms with Crippen LogP contribution in [-0.2, 0) is 17.0 Å². The summed E-state index contributed by atoms with van der Waals surface area (Å²) < 4.78 is 0. The van der Waals surface area contributed by atoms with E-state index in [1.165, 1.54) is 21.5 Å². The average Bonchev–Trinajstić information content (AvgIpc) is 2.72. The second kappa shape index (κ2) is 9.48. The van der Waals surface area contributed by atoms with Gasteiger partial charge in [0, 0.05) is 0 Å². The molecule has 0 saturated heterocycles. The molecule has 4 rings (SSSR count). The van der Waals surface area contributed by atoms with Crippen molar-refractivity contribution in [2.45, 2.75) is 0 Å². The topological polar surface area (TPSA) is 28.2 Å². The third kappa shape index (κ3) is 4.10. The van der Waals surface area contributed by atoms with Gasteiger partial charge in [0.15, 0.2) is 0 Å². The molecular weight excluding hydrogens is 411 g/mol. The molecule has 27 heavy (non-hydrogen) atoms. The number of fused-ring (bicyclic) bond motifs is 2. The quantitative estimate of drug-likeness (QED) is 0.293. The van der Waals surface area contributed by atoms with Gasteiger partial charge in [-0.15, -0.1) is 25.5 Å². The van der Waals surface area contributed by atoms with E-state index in [0.717, 1.165) is 22.5 Å². The Labute approximate surface area is 176 Å². The molecule has 0 amide bonds. The Morgan fingerprint density at radius 2 is 0.963 bits per heavy atom. The third-order valence-corrected chi connectivity index (χ3v) is 4.55. The molecule has 2 nitrogen and oxygen atoms in total. The molecule has 4 aromatic rings. The summed E-state index contributed by atoms with van der Waals surface area (Å²) in [5, 5.41) is 13.9. The summed E-state index contributed by atoms with van der Waals surface area (Å²) >= 11 is -0.556. The second-order valence-electron chi connectivity index (χ2n) is 5.88. The normalized spacial score (nSPS) is 10.2. The van der Waals surface area contributed by atoms with Gasteiger partial charge in [0.2, 0.25) is 0 Å². The molecule has 0 radical (unpaired) electrons. The van der Waals surface area contributed by atoms with E-state index in [4.69, 9.17) is 18.6 Å². The van der Waals surface area contributed by atoms with E-state index in [2.05, 4.69) is 83.4 Å². The Kier molecular flexibility index (Phi) is 7.03.